The molecule has 1 aliphatic rings. The van der Waals surface area contributed by atoms with Gasteiger partial charge in [-0.2, -0.15) is 0 Å². The quantitative estimate of drug-likeness (QED) is 0.684. The van der Waals surface area contributed by atoms with Crippen molar-refractivity contribution in [1.82, 2.24) is 9.80 Å². The summed E-state index contributed by atoms with van der Waals surface area (Å²) in [7, 11) is 3.35. The van der Waals surface area contributed by atoms with Crippen LogP contribution < -0.4 is 14.2 Å². The summed E-state index contributed by atoms with van der Waals surface area (Å²) in [5, 5.41) is 0. The zero-order chi connectivity index (χ0) is 20.6. The molecule has 1 aliphatic heterocycles. The Morgan fingerprint density at radius 2 is 1.62 bits per heavy atom. The molecule has 0 atom stereocenters. The lowest BCUT2D eigenvalue weighted by Gasteiger charge is -2.35. The third kappa shape index (κ3) is 5.87. The predicted molar refractivity (Wildman–Crippen MR) is 113 cm³/mol. The topological polar surface area (TPSA) is 51.2 Å². The molecule has 29 heavy (non-hydrogen) atoms. The van der Waals surface area contributed by atoms with Gasteiger partial charge in [0.2, 0.25) is 5.91 Å². The summed E-state index contributed by atoms with van der Waals surface area (Å²) in [6.07, 6.45) is 0.400. The smallest absolute Gasteiger partial charge is 0.226 e. The predicted octanol–water partition coefficient (Wildman–Crippen LogP) is 3.13. The van der Waals surface area contributed by atoms with Crippen LogP contribution in [0.1, 0.15) is 17.5 Å². The van der Waals surface area contributed by atoms with E-state index in [0.717, 1.165) is 55.5 Å². The molecule has 2 aromatic carbocycles. The monoisotopic (exact) mass is 398 g/mol. The van der Waals surface area contributed by atoms with Crippen LogP contribution in [0.15, 0.2) is 42.5 Å². The lowest BCUT2D eigenvalue weighted by Crippen LogP contribution is -2.48. The number of carbonyl (C=O) groups is 1. The van der Waals surface area contributed by atoms with E-state index in [1.165, 1.54) is 5.56 Å². The average molecular weight is 399 g/mol. The maximum atomic E-state index is 12.5. The second kappa shape index (κ2) is 10.2. The molecule has 156 valence electrons. The number of hydrogen-bond acceptors (Lipinski definition) is 5. The SMILES string of the molecule is COc1ccc(OC)c(CN2CCN(C(=O)CCOc3ccc(C)cc3)CC2)c1. The van der Waals surface area contributed by atoms with Crippen molar-refractivity contribution in [3.8, 4) is 17.2 Å². The first-order valence-corrected chi connectivity index (χ1v) is 9.99. The zero-order valence-electron chi connectivity index (χ0n) is 17.5. The van der Waals surface area contributed by atoms with Crippen LogP contribution in [0, 0.1) is 6.92 Å². The van der Waals surface area contributed by atoms with Crippen molar-refractivity contribution in [2.75, 3.05) is 47.0 Å². The molecule has 0 unspecified atom stereocenters. The Kier molecular flexibility index (Phi) is 7.36. The van der Waals surface area contributed by atoms with Gasteiger partial charge in [-0.15, -0.1) is 0 Å². The van der Waals surface area contributed by atoms with Crippen LogP contribution in [0.5, 0.6) is 17.2 Å². The Labute approximate surface area is 173 Å². The molecule has 0 N–H and O–H groups in total. The molecule has 1 amide bonds. The summed E-state index contributed by atoms with van der Waals surface area (Å²) in [6.45, 7) is 6.36. The van der Waals surface area contributed by atoms with Crippen LogP contribution in [0.2, 0.25) is 0 Å². The van der Waals surface area contributed by atoms with Crippen LogP contribution in [0.25, 0.3) is 0 Å². The number of methoxy groups -OCH3 is 2. The number of amides is 1. The Morgan fingerprint density at radius 1 is 0.931 bits per heavy atom. The van der Waals surface area contributed by atoms with Crippen LogP contribution in [0.3, 0.4) is 0 Å². The van der Waals surface area contributed by atoms with E-state index in [1.807, 2.05) is 54.3 Å². The third-order valence-electron chi connectivity index (χ3n) is 5.21. The summed E-state index contributed by atoms with van der Waals surface area (Å²) in [5.41, 5.74) is 2.29. The largest absolute Gasteiger partial charge is 0.497 e. The molecule has 0 bridgehead atoms. The van der Waals surface area contributed by atoms with E-state index < -0.39 is 0 Å². The van der Waals surface area contributed by atoms with Gasteiger partial charge in [-0.25, -0.2) is 0 Å². The summed E-state index contributed by atoms with van der Waals surface area (Å²) >= 11 is 0. The van der Waals surface area contributed by atoms with Gasteiger partial charge in [0.05, 0.1) is 27.2 Å². The second-order valence-electron chi connectivity index (χ2n) is 7.25. The normalized spacial score (nSPS) is 14.5. The molecule has 0 aliphatic carbocycles. The summed E-state index contributed by atoms with van der Waals surface area (Å²) < 4.78 is 16.5. The van der Waals surface area contributed by atoms with Crippen LogP contribution in [-0.4, -0.2) is 62.7 Å². The lowest BCUT2D eigenvalue weighted by molar-refractivity contribution is -0.133. The second-order valence-corrected chi connectivity index (χ2v) is 7.25. The number of benzene rings is 2. The highest BCUT2D eigenvalue weighted by molar-refractivity contribution is 5.76. The van der Waals surface area contributed by atoms with Crippen LogP contribution >= 0.6 is 0 Å². The Hall–Kier alpha value is -2.73. The number of carbonyl (C=O) groups excluding carboxylic acids is 1. The van der Waals surface area contributed by atoms with Crippen molar-refractivity contribution >= 4 is 5.91 Å². The first-order valence-electron chi connectivity index (χ1n) is 9.99. The van der Waals surface area contributed by atoms with Crippen molar-refractivity contribution in [3.05, 3.63) is 53.6 Å². The van der Waals surface area contributed by atoms with E-state index >= 15 is 0 Å². The highest BCUT2D eigenvalue weighted by Crippen LogP contribution is 2.25. The van der Waals surface area contributed by atoms with Gasteiger partial charge in [-0.3, -0.25) is 9.69 Å². The lowest BCUT2D eigenvalue weighted by atomic mass is 10.1. The maximum absolute atomic E-state index is 12.5. The first-order chi connectivity index (χ1) is 14.1. The van der Waals surface area contributed by atoms with Crippen molar-refractivity contribution in [2.24, 2.45) is 0 Å². The summed E-state index contributed by atoms with van der Waals surface area (Å²) in [4.78, 5) is 16.7. The van der Waals surface area contributed by atoms with E-state index in [9.17, 15) is 4.79 Å². The zero-order valence-corrected chi connectivity index (χ0v) is 17.5. The van der Waals surface area contributed by atoms with Gasteiger partial charge in [-0.05, 0) is 37.3 Å². The average Bonchev–Trinajstić information content (AvgIpc) is 2.75. The molecular formula is C23H30N2O4. The molecule has 0 aromatic heterocycles. The van der Waals surface area contributed by atoms with Crippen molar-refractivity contribution < 1.29 is 19.0 Å². The minimum atomic E-state index is 0.149. The molecule has 1 fully saturated rings. The molecular weight excluding hydrogens is 368 g/mol. The van der Waals surface area contributed by atoms with Crippen LogP contribution in [-0.2, 0) is 11.3 Å². The molecule has 1 heterocycles. The molecule has 1 saturated heterocycles. The Bertz CT molecular complexity index is 799. The van der Waals surface area contributed by atoms with E-state index in [0.29, 0.717) is 13.0 Å². The fourth-order valence-electron chi connectivity index (χ4n) is 3.45. The van der Waals surface area contributed by atoms with Crippen molar-refractivity contribution in [2.45, 2.75) is 19.9 Å². The van der Waals surface area contributed by atoms with E-state index in [1.54, 1.807) is 14.2 Å². The van der Waals surface area contributed by atoms with Gasteiger partial charge < -0.3 is 19.1 Å². The molecule has 2 aromatic rings. The summed E-state index contributed by atoms with van der Waals surface area (Å²) in [5.74, 6) is 2.64. The van der Waals surface area contributed by atoms with Gasteiger partial charge in [-0.1, -0.05) is 17.7 Å². The number of nitrogens with zero attached hydrogens (tertiary/aromatic N) is 2. The Balaban J connectivity index is 1.44. The highest BCUT2D eigenvalue weighted by Gasteiger charge is 2.22. The molecule has 6 heteroatoms. The number of ether oxygens (including phenoxy) is 3. The molecule has 6 nitrogen and oxygen atoms in total. The Morgan fingerprint density at radius 3 is 2.28 bits per heavy atom. The van der Waals surface area contributed by atoms with Crippen LogP contribution in [0.4, 0.5) is 0 Å². The van der Waals surface area contributed by atoms with E-state index in [-0.39, 0.29) is 5.91 Å². The highest BCUT2D eigenvalue weighted by atomic mass is 16.5. The minimum Gasteiger partial charge on any atom is -0.497 e. The third-order valence-corrected chi connectivity index (χ3v) is 5.21. The number of piperazine rings is 1. The first kappa shape index (κ1) is 21.0. The van der Waals surface area contributed by atoms with Gasteiger partial charge in [0.1, 0.15) is 17.2 Å². The number of rotatable bonds is 8. The standard InChI is InChI=1S/C23H30N2O4/c1-18-4-6-20(7-5-18)29-15-10-23(26)25-13-11-24(12-14-25)17-19-16-21(27-2)8-9-22(19)28-3/h4-9,16H,10-15,17H2,1-3H3. The van der Waals surface area contributed by atoms with E-state index in [4.69, 9.17) is 14.2 Å². The van der Waals surface area contributed by atoms with Crippen molar-refractivity contribution in [1.29, 1.82) is 0 Å². The fourth-order valence-corrected chi connectivity index (χ4v) is 3.45. The number of hydrogen-bond donors (Lipinski definition) is 0. The van der Waals surface area contributed by atoms with Gasteiger partial charge in [0.15, 0.2) is 0 Å². The molecule has 3 rings (SSSR count). The maximum Gasteiger partial charge on any atom is 0.226 e. The van der Waals surface area contributed by atoms with E-state index in [2.05, 4.69) is 4.90 Å². The van der Waals surface area contributed by atoms with Crippen molar-refractivity contribution in [3.63, 3.8) is 0 Å². The summed E-state index contributed by atoms with van der Waals surface area (Å²) in [6, 6.07) is 13.7. The van der Waals surface area contributed by atoms with Gasteiger partial charge >= 0.3 is 0 Å². The molecule has 0 spiro atoms. The minimum absolute atomic E-state index is 0.149. The van der Waals surface area contributed by atoms with Gasteiger partial charge in [0.25, 0.3) is 0 Å². The van der Waals surface area contributed by atoms with Gasteiger partial charge in [0, 0.05) is 38.3 Å². The fraction of sp³-hybridized carbons (Fsp3) is 0.435. The molecule has 0 saturated carbocycles. The molecule has 0 radical (unpaired) electrons. The number of aryl methyl sites for hydroxylation is 1.